The van der Waals surface area contributed by atoms with E-state index in [4.69, 9.17) is 16.1 Å². The fourth-order valence-corrected chi connectivity index (χ4v) is 3.30. The molecule has 0 atom stereocenters. The summed E-state index contributed by atoms with van der Waals surface area (Å²) >= 11 is 7.56. The van der Waals surface area contributed by atoms with Crippen LogP contribution in [0.4, 0.5) is 0 Å². The molecular weight excluding hydrogens is 306 g/mol. The van der Waals surface area contributed by atoms with Crippen molar-refractivity contribution in [3.8, 4) is 0 Å². The number of hydrogen-bond donors (Lipinski definition) is 1. The van der Waals surface area contributed by atoms with Gasteiger partial charge >= 0.3 is 0 Å². The molecule has 1 aromatic carbocycles. The SMILES string of the molecule is CC1(c2nc(CSc3ccc(Cl)cc3)no2)CCNCC1. The molecule has 6 heteroatoms. The Morgan fingerprint density at radius 2 is 2.00 bits per heavy atom. The Morgan fingerprint density at radius 1 is 1.29 bits per heavy atom. The number of thioether (sulfide) groups is 1. The van der Waals surface area contributed by atoms with Crippen molar-refractivity contribution in [2.45, 2.75) is 35.8 Å². The molecule has 0 radical (unpaired) electrons. The van der Waals surface area contributed by atoms with Gasteiger partial charge < -0.3 is 9.84 Å². The van der Waals surface area contributed by atoms with Crippen LogP contribution in [0.1, 0.15) is 31.5 Å². The second kappa shape index (κ2) is 6.38. The van der Waals surface area contributed by atoms with Crippen LogP contribution in [0.25, 0.3) is 0 Å². The maximum Gasteiger partial charge on any atom is 0.232 e. The molecule has 1 aliphatic rings. The molecule has 0 unspecified atom stereocenters. The summed E-state index contributed by atoms with van der Waals surface area (Å²) in [5, 5.41) is 8.23. The van der Waals surface area contributed by atoms with Crippen molar-refractivity contribution < 1.29 is 4.52 Å². The first-order valence-corrected chi connectivity index (χ1v) is 8.44. The van der Waals surface area contributed by atoms with Gasteiger partial charge in [-0.15, -0.1) is 11.8 Å². The molecule has 0 saturated carbocycles. The second-order valence-electron chi connectivity index (χ2n) is 5.57. The minimum Gasteiger partial charge on any atom is -0.339 e. The van der Waals surface area contributed by atoms with E-state index in [9.17, 15) is 0 Å². The van der Waals surface area contributed by atoms with E-state index in [2.05, 4.69) is 22.4 Å². The maximum atomic E-state index is 5.88. The largest absolute Gasteiger partial charge is 0.339 e. The van der Waals surface area contributed by atoms with Crippen LogP contribution in [0.2, 0.25) is 5.02 Å². The summed E-state index contributed by atoms with van der Waals surface area (Å²) < 4.78 is 5.49. The van der Waals surface area contributed by atoms with Crippen LogP contribution >= 0.6 is 23.4 Å². The lowest BCUT2D eigenvalue weighted by molar-refractivity contribution is 0.240. The van der Waals surface area contributed by atoms with Crippen LogP contribution in [0.5, 0.6) is 0 Å². The van der Waals surface area contributed by atoms with Gasteiger partial charge in [-0.1, -0.05) is 23.7 Å². The lowest BCUT2D eigenvalue weighted by Gasteiger charge is -2.30. The normalized spacial score (nSPS) is 17.8. The van der Waals surface area contributed by atoms with Crippen molar-refractivity contribution in [2.75, 3.05) is 13.1 Å². The molecule has 1 saturated heterocycles. The fourth-order valence-electron chi connectivity index (χ4n) is 2.43. The van der Waals surface area contributed by atoms with Crippen LogP contribution in [0.3, 0.4) is 0 Å². The molecule has 112 valence electrons. The summed E-state index contributed by atoms with van der Waals surface area (Å²) in [6.07, 6.45) is 2.08. The Labute approximate surface area is 133 Å². The van der Waals surface area contributed by atoms with E-state index >= 15 is 0 Å². The number of piperidine rings is 1. The molecule has 0 amide bonds. The molecule has 21 heavy (non-hydrogen) atoms. The minimum atomic E-state index is 0.0153. The highest BCUT2D eigenvalue weighted by Crippen LogP contribution is 2.32. The number of benzene rings is 1. The van der Waals surface area contributed by atoms with E-state index < -0.39 is 0 Å². The Balaban J connectivity index is 1.63. The van der Waals surface area contributed by atoms with Gasteiger partial charge in [0.05, 0.1) is 5.75 Å². The molecule has 0 bridgehead atoms. The molecule has 0 spiro atoms. The summed E-state index contributed by atoms with van der Waals surface area (Å²) in [5.41, 5.74) is 0.0153. The number of hydrogen-bond acceptors (Lipinski definition) is 5. The smallest absolute Gasteiger partial charge is 0.232 e. The van der Waals surface area contributed by atoms with E-state index in [1.807, 2.05) is 24.3 Å². The third kappa shape index (κ3) is 3.59. The van der Waals surface area contributed by atoms with Gasteiger partial charge in [0, 0.05) is 15.3 Å². The van der Waals surface area contributed by atoms with Gasteiger partial charge in [0.25, 0.3) is 0 Å². The first-order chi connectivity index (χ1) is 10.2. The summed E-state index contributed by atoms with van der Waals surface area (Å²) in [7, 11) is 0. The third-order valence-electron chi connectivity index (χ3n) is 3.87. The average molecular weight is 324 g/mol. The van der Waals surface area contributed by atoms with Gasteiger partial charge in [-0.25, -0.2) is 0 Å². The van der Waals surface area contributed by atoms with Gasteiger partial charge in [0.1, 0.15) is 0 Å². The van der Waals surface area contributed by atoms with Crippen molar-refractivity contribution in [1.82, 2.24) is 15.5 Å². The van der Waals surface area contributed by atoms with Crippen LogP contribution in [0.15, 0.2) is 33.7 Å². The topological polar surface area (TPSA) is 51.0 Å². The van der Waals surface area contributed by atoms with Crippen molar-refractivity contribution in [3.05, 3.63) is 41.0 Å². The van der Waals surface area contributed by atoms with Crippen molar-refractivity contribution in [2.24, 2.45) is 0 Å². The predicted octanol–water partition coefficient (Wildman–Crippen LogP) is 3.66. The van der Waals surface area contributed by atoms with Gasteiger partial charge in [-0.05, 0) is 50.2 Å². The van der Waals surface area contributed by atoms with Gasteiger partial charge in [0.2, 0.25) is 5.89 Å². The monoisotopic (exact) mass is 323 g/mol. The number of nitrogens with one attached hydrogen (secondary N) is 1. The first-order valence-electron chi connectivity index (χ1n) is 7.08. The highest BCUT2D eigenvalue weighted by atomic mass is 35.5. The highest BCUT2D eigenvalue weighted by Gasteiger charge is 2.34. The van der Waals surface area contributed by atoms with Crippen LogP contribution in [0, 0.1) is 0 Å². The molecule has 1 aromatic heterocycles. The molecule has 1 aliphatic heterocycles. The summed E-state index contributed by atoms with van der Waals surface area (Å²) in [6.45, 7) is 4.22. The summed E-state index contributed by atoms with van der Waals surface area (Å²) in [6, 6.07) is 7.79. The van der Waals surface area contributed by atoms with E-state index in [-0.39, 0.29) is 5.41 Å². The Morgan fingerprint density at radius 3 is 2.71 bits per heavy atom. The first kappa shape index (κ1) is 14.9. The van der Waals surface area contributed by atoms with Crippen molar-refractivity contribution in [1.29, 1.82) is 0 Å². The summed E-state index contributed by atoms with van der Waals surface area (Å²) in [5.74, 6) is 2.24. The van der Waals surface area contributed by atoms with E-state index in [1.165, 1.54) is 0 Å². The Kier molecular flexibility index (Phi) is 4.52. The molecule has 3 rings (SSSR count). The third-order valence-corrected chi connectivity index (χ3v) is 5.13. The minimum absolute atomic E-state index is 0.0153. The zero-order valence-electron chi connectivity index (χ0n) is 11.9. The quantitative estimate of drug-likeness (QED) is 0.870. The number of rotatable bonds is 4. The lowest BCUT2D eigenvalue weighted by atomic mass is 9.81. The molecule has 2 aromatic rings. The Bertz CT molecular complexity index is 593. The van der Waals surface area contributed by atoms with Crippen LogP contribution in [-0.2, 0) is 11.2 Å². The molecular formula is C15H18ClN3OS. The van der Waals surface area contributed by atoms with E-state index in [1.54, 1.807) is 11.8 Å². The second-order valence-corrected chi connectivity index (χ2v) is 7.05. The standard InChI is InChI=1S/C15H18ClN3OS/c1-15(6-8-17-9-7-15)14-18-13(19-20-14)10-21-12-4-2-11(16)3-5-12/h2-5,17H,6-10H2,1H3. The highest BCUT2D eigenvalue weighted by molar-refractivity contribution is 7.98. The van der Waals surface area contributed by atoms with Gasteiger partial charge in [-0.2, -0.15) is 4.98 Å². The average Bonchev–Trinajstić information content (AvgIpc) is 2.97. The zero-order valence-corrected chi connectivity index (χ0v) is 13.5. The fraction of sp³-hybridized carbons (Fsp3) is 0.467. The zero-order chi connectivity index (χ0) is 14.7. The summed E-state index contributed by atoms with van der Waals surface area (Å²) in [4.78, 5) is 5.74. The molecule has 1 N–H and O–H groups in total. The van der Waals surface area contributed by atoms with Gasteiger partial charge in [-0.3, -0.25) is 0 Å². The molecule has 2 heterocycles. The number of nitrogens with zero attached hydrogens (tertiary/aromatic N) is 2. The molecule has 0 aliphatic carbocycles. The molecule has 1 fully saturated rings. The lowest BCUT2D eigenvalue weighted by Crippen LogP contribution is -2.37. The molecule has 4 nitrogen and oxygen atoms in total. The van der Waals surface area contributed by atoms with E-state index in [0.29, 0.717) is 5.75 Å². The van der Waals surface area contributed by atoms with E-state index in [0.717, 1.165) is 47.6 Å². The maximum absolute atomic E-state index is 5.88. The Hall–Kier alpha value is -1.04. The van der Waals surface area contributed by atoms with Crippen molar-refractivity contribution >= 4 is 23.4 Å². The van der Waals surface area contributed by atoms with Crippen LogP contribution < -0.4 is 5.32 Å². The van der Waals surface area contributed by atoms with Gasteiger partial charge in [0.15, 0.2) is 5.82 Å². The van der Waals surface area contributed by atoms with Crippen LogP contribution in [-0.4, -0.2) is 23.2 Å². The predicted molar refractivity (Wildman–Crippen MR) is 84.8 cm³/mol. The number of aromatic nitrogens is 2. The van der Waals surface area contributed by atoms with Crippen molar-refractivity contribution in [3.63, 3.8) is 0 Å². The number of halogens is 1.